The minimum absolute atomic E-state index is 0.224. The molecule has 2 heterocycles. The van der Waals surface area contributed by atoms with Gasteiger partial charge >= 0.3 is 5.97 Å². The fraction of sp³-hybridized carbons (Fsp3) is 0.240. The van der Waals surface area contributed by atoms with Gasteiger partial charge in [0, 0.05) is 29.8 Å². The molecule has 0 aliphatic carbocycles. The molecule has 0 bridgehead atoms. The van der Waals surface area contributed by atoms with Crippen LogP contribution in [0, 0.1) is 0 Å². The zero-order valence-corrected chi connectivity index (χ0v) is 21.5. The maximum absolute atomic E-state index is 13.6. The zero-order valence-electron chi connectivity index (χ0n) is 19.1. The van der Waals surface area contributed by atoms with Crippen LogP contribution in [0.5, 0.6) is 0 Å². The molecule has 6 nitrogen and oxygen atoms in total. The van der Waals surface area contributed by atoms with Gasteiger partial charge < -0.3 is 9.64 Å². The van der Waals surface area contributed by atoms with E-state index in [4.69, 9.17) is 27.9 Å². The molecule has 4 rings (SSSR count). The molecule has 2 aromatic carbocycles. The Hall–Kier alpha value is -2.87. The summed E-state index contributed by atoms with van der Waals surface area (Å²) < 4.78 is 7.35. The van der Waals surface area contributed by atoms with E-state index < -0.39 is 12.0 Å². The predicted molar refractivity (Wildman–Crippen MR) is 138 cm³/mol. The third kappa shape index (κ3) is 4.56. The number of anilines is 1. The summed E-state index contributed by atoms with van der Waals surface area (Å²) in [5, 5.41) is 0.956. The Morgan fingerprint density at radius 1 is 1.21 bits per heavy atom. The highest BCUT2D eigenvalue weighted by Gasteiger charge is 2.33. The first-order chi connectivity index (χ1) is 16.2. The van der Waals surface area contributed by atoms with E-state index in [1.54, 1.807) is 42.7 Å². The lowest BCUT2D eigenvalue weighted by molar-refractivity contribution is -0.139. The van der Waals surface area contributed by atoms with Crippen LogP contribution in [-0.4, -0.2) is 31.2 Å². The van der Waals surface area contributed by atoms with Crippen LogP contribution in [0.4, 0.5) is 5.69 Å². The van der Waals surface area contributed by atoms with Gasteiger partial charge in [-0.2, -0.15) is 0 Å². The van der Waals surface area contributed by atoms with Crippen molar-refractivity contribution >= 4 is 52.3 Å². The number of halogens is 2. The molecular weight excluding hydrogens is 493 g/mol. The summed E-state index contributed by atoms with van der Waals surface area (Å²) in [6.45, 7) is 3.74. The van der Waals surface area contributed by atoms with Gasteiger partial charge in [-0.15, -0.1) is 0 Å². The number of nitrogens with zero attached hydrogens (tertiary/aromatic N) is 3. The van der Waals surface area contributed by atoms with Crippen LogP contribution in [0.25, 0.3) is 6.08 Å². The topological polar surface area (TPSA) is 63.9 Å². The summed E-state index contributed by atoms with van der Waals surface area (Å²) in [5.74, 6) is -0.486. The maximum atomic E-state index is 13.6. The second kappa shape index (κ2) is 9.78. The number of fused-ring (bicyclic) bond motifs is 1. The molecule has 3 aromatic rings. The predicted octanol–water partition coefficient (Wildman–Crippen LogP) is 4.17. The molecule has 176 valence electrons. The Morgan fingerprint density at radius 2 is 1.91 bits per heavy atom. The number of allylic oxidation sites excluding steroid dienone is 1. The van der Waals surface area contributed by atoms with E-state index in [0.717, 1.165) is 11.3 Å². The van der Waals surface area contributed by atoms with Gasteiger partial charge in [0.2, 0.25) is 0 Å². The minimum Gasteiger partial charge on any atom is -0.463 e. The van der Waals surface area contributed by atoms with E-state index in [-0.39, 0.29) is 12.2 Å². The van der Waals surface area contributed by atoms with Crippen LogP contribution in [0.2, 0.25) is 10.0 Å². The lowest BCUT2D eigenvalue weighted by Gasteiger charge is -2.25. The number of thiazole rings is 1. The Labute approximate surface area is 211 Å². The number of rotatable bonds is 5. The molecule has 0 unspecified atom stereocenters. The number of carbonyl (C=O) groups is 1. The molecule has 0 spiro atoms. The molecule has 34 heavy (non-hydrogen) atoms. The van der Waals surface area contributed by atoms with E-state index in [0.29, 0.717) is 36.2 Å². The fourth-order valence-corrected chi connectivity index (χ4v) is 5.32. The first kappa shape index (κ1) is 24.3. The molecule has 0 amide bonds. The van der Waals surface area contributed by atoms with Crippen LogP contribution in [0.15, 0.2) is 63.5 Å². The second-order valence-electron chi connectivity index (χ2n) is 7.95. The van der Waals surface area contributed by atoms with E-state index >= 15 is 0 Å². The largest absolute Gasteiger partial charge is 0.463 e. The van der Waals surface area contributed by atoms with Crippen molar-refractivity contribution in [1.82, 2.24) is 4.57 Å². The molecule has 0 saturated heterocycles. The maximum Gasteiger partial charge on any atom is 0.338 e. The lowest BCUT2D eigenvalue weighted by atomic mass is 9.95. The highest BCUT2D eigenvalue weighted by molar-refractivity contribution is 7.07. The standard InChI is InChI=1S/C25H23Cl2N3O3S/c1-5-33-24(32)21-14(2)28-25-30(22(21)15-7-10-18(11-8-15)29(3)4)23(31)20(34-25)12-16-6-9-17(26)13-19(16)27/h6-13,22H,5H2,1-4H3/b20-12-/t22-/m0/s1. The average Bonchev–Trinajstić information content (AvgIpc) is 3.09. The Bertz CT molecular complexity index is 1470. The molecule has 0 fully saturated rings. The molecule has 9 heteroatoms. The average molecular weight is 516 g/mol. The number of carbonyl (C=O) groups excluding carboxylic acids is 1. The number of ether oxygens (including phenoxy) is 1. The summed E-state index contributed by atoms with van der Waals surface area (Å²) >= 11 is 13.6. The first-order valence-corrected chi connectivity index (χ1v) is 12.2. The minimum atomic E-state index is -0.658. The van der Waals surface area contributed by atoms with Gasteiger partial charge in [-0.3, -0.25) is 9.36 Å². The quantitative estimate of drug-likeness (QED) is 0.478. The van der Waals surface area contributed by atoms with Crippen LogP contribution < -0.4 is 19.8 Å². The number of hydrogen-bond acceptors (Lipinski definition) is 6. The first-order valence-electron chi connectivity index (χ1n) is 10.6. The zero-order chi connectivity index (χ0) is 24.6. The van der Waals surface area contributed by atoms with Crippen molar-refractivity contribution in [2.75, 3.05) is 25.6 Å². The summed E-state index contributed by atoms with van der Waals surface area (Å²) in [6.07, 6.45) is 1.72. The van der Waals surface area contributed by atoms with E-state index in [1.807, 2.05) is 43.3 Å². The monoisotopic (exact) mass is 515 g/mol. The molecule has 1 atom stereocenters. The molecule has 0 N–H and O–H groups in total. The molecule has 1 aliphatic rings. The molecule has 0 radical (unpaired) electrons. The van der Waals surface area contributed by atoms with Crippen molar-refractivity contribution in [1.29, 1.82) is 0 Å². The van der Waals surface area contributed by atoms with Gasteiger partial charge in [0.25, 0.3) is 5.56 Å². The second-order valence-corrected chi connectivity index (χ2v) is 9.81. The molecule has 1 aromatic heterocycles. The highest BCUT2D eigenvalue weighted by atomic mass is 35.5. The summed E-state index contributed by atoms with van der Waals surface area (Å²) in [4.78, 5) is 33.7. The van der Waals surface area contributed by atoms with Crippen molar-refractivity contribution in [3.05, 3.63) is 94.6 Å². The molecule has 0 saturated carbocycles. The van der Waals surface area contributed by atoms with Crippen molar-refractivity contribution in [3.63, 3.8) is 0 Å². The van der Waals surface area contributed by atoms with Crippen molar-refractivity contribution < 1.29 is 9.53 Å². The Kier molecular flexibility index (Phi) is 6.98. The third-order valence-electron chi connectivity index (χ3n) is 5.49. The Morgan fingerprint density at radius 3 is 2.53 bits per heavy atom. The summed E-state index contributed by atoms with van der Waals surface area (Å²) in [6, 6.07) is 12.2. The van der Waals surface area contributed by atoms with Gasteiger partial charge in [0.1, 0.15) is 0 Å². The van der Waals surface area contributed by atoms with Gasteiger partial charge in [0.05, 0.1) is 28.5 Å². The van der Waals surface area contributed by atoms with Gasteiger partial charge in [-0.25, -0.2) is 9.79 Å². The summed E-state index contributed by atoms with van der Waals surface area (Å²) in [5.41, 5.74) is 3.09. The van der Waals surface area contributed by atoms with E-state index in [1.165, 1.54) is 11.3 Å². The van der Waals surface area contributed by atoms with Crippen LogP contribution in [0.1, 0.15) is 31.0 Å². The normalized spacial score (nSPS) is 15.7. The van der Waals surface area contributed by atoms with Gasteiger partial charge in [0.15, 0.2) is 4.80 Å². The van der Waals surface area contributed by atoms with Crippen molar-refractivity contribution in [3.8, 4) is 0 Å². The number of benzene rings is 2. The summed E-state index contributed by atoms with van der Waals surface area (Å²) in [7, 11) is 3.90. The van der Waals surface area contributed by atoms with Crippen LogP contribution in [-0.2, 0) is 9.53 Å². The smallest absolute Gasteiger partial charge is 0.338 e. The van der Waals surface area contributed by atoms with Crippen molar-refractivity contribution in [2.45, 2.75) is 19.9 Å². The molecular formula is C25H23Cl2N3O3S. The number of aromatic nitrogens is 1. The molecule has 1 aliphatic heterocycles. The SMILES string of the molecule is CCOC(=O)C1=C(C)N=c2s/c(=C\c3ccc(Cl)cc3Cl)c(=O)n2[C@H]1c1ccc(N(C)C)cc1. The van der Waals surface area contributed by atoms with E-state index in [2.05, 4.69) is 4.99 Å². The van der Waals surface area contributed by atoms with Crippen molar-refractivity contribution in [2.24, 2.45) is 4.99 Å². The van der Waals surface area contributed by atoms with E-state index in [9.17, 15) is 9.59 Å². The third-order valence-corrected chi connectivity index (χ3v) is 7.04. The highest BCUT2D eigenvalue weighted by Crippen LogP contribution is 2.31. The van der Waals surface area contributed by atoms with Crippen LogP contribution >= 0.6 is 34.5 Å². The van der Waals surface area contributed by atoms with Gasteiger partial charge in [-0.1, -0.05) is 52.7 Å². The Balaban J connectivity index is 1.94. The van der Waals surface area contributed by atoms with Gasteiger partial charge in [-0.05, 0) is 55.3 Å². The number of hydrogen-bond donors (Lipinski definition) is 0. The fourth-order valence-electron chi connectivity index (χ4n) is 3.82. The lowest BCUT2D eigenvalue weighted by Crippen LogP contribution is -2.39. The number of esters is 1. The van der Waals surface area contributed by atoms with Crippen LogP contribution in [0.3, 0.4) is 0 Å².